The van der Waals surface area contributed by atoms with Crippen molar-refractivity contribution in [2.24, 2.45) is 0 Å². The molecule has 0 bridgehead atoms. The molecule has 0 aliphatic rings. The third kappa shape index (κ3) is 3.74. The molecule has 0 atom stereocenters. The summed E-state index contributed by atoms with van der Waals surface area (Å²) in [6, 6.07) is 6.25. The second kappa shape index (κ2) is 6.60. The lowest BCUT2D eigenvalue weighted by molar-refractivity contribution is 0.0697. The van der Waals surface area contributed by atoms with E-state index in [1.807, 2.05) is 13.1 Å². The summed E-state index contributed by atoms with van der Waals surface area (Å²) in [6.45, 7) is 3.58. The van der Waals surface area contributed by atoms with Crippen molar-refractivity contribution >= 4 is 5.97 Å². The van der Waals surface area contributed by atoms with Crippen molar-refractivity contribution in [2.75, 3.05) is 13.2 Å². The molecule has 1 aromatic heterocycles. The zero-order valence-electron chi connectivity index (χ0n) is 11.2. The number of ether oxygens (including phenoxy) is 2. The van der Waals surface area contributed by atoms with Gasteiger partial charge in [0.25, 0.3) is 0 Å². The zero-order valence-corrected chi connectivity index (χ0v) is 11.2. The summed E-state index contributed by atoms with van der Waals surface area (Å²) < 4.78 is 12.7. The monoisotopic (exact) mass is 276 g/mol. The van der Waals surface area contributed by atoms with E-state index in [0.29, 0.717) is 24.7 Å². The lowest BCUT2D eigenvalue weighted by Gasteiger charge is -2.07. The third-order valence-corrected chi connectivity index (χ3v) is 2.66. The summed E-state index contributed by atoms with van der Waals surface area (Å²) in [4.78, 5) is 10.7. The zero-order chi connectivity index (χ0) is 14.4. The molecule has 1 aromatic carbocycles. The molecule has 2 aromatic rings. The van der Waals surface area contributed by atoms with E-state index in [4.69, 9.17) is 14.6 Å². The van der Waals surface area contributed by atoms with Gasteiger partial charge in [0.2, 0.25) is 0 Å². The fourth-order valence-electron chi connectivity index (χ4n) is 1.60. The summed E-state index contributed by atoms with van der Waals surface area (Å²) in [6.07, 6.45) is 3.48. The van der Waals surface area contributed by atoms with Crippen molar-refractivity contribution in [3.63, 3.8) is 0 Å². The van der Waals surface area contributed by atoms with Gasteiger partial charge in [-0.25, -0.2) is 4.79 Å². The highest BCUT2D eigenvalue weighted by atomic mass is 16.5. The smallest absolute Gasteiger partial charge is 0.335 e. The maximum absolute atomic E-state index is 10.7. The topological polar surface area (TPSA) is 73.6 Å². The van der Waals surface area contributed by atoms with E-state index in [9.17, 15) is 4.79 Å². The van der Waals surface area contributed by atoms with Gasteiger partial charge in [0, 0.05) is 6.54 Å². The van der Waals surface area contributed by atoms with Crippen LogP contribution in [-0.2, 0) is 6.54 Å². The highest BCUT2D eigenvalue weighted by molar-refractivity contribution is 5.87. The molecule has 106 valence electrons. The number of carbonyl (C=O) groups is 1. The van der Waals surface area contributed by atoms with Crippen LogP contribution in [0.1, 0.15) is 17.3 Å². The minimum atomic E-state index is -0.951. The van der Waals surface area contributed by atoms with E-state index in [2.05, 4.69) is 5.10 Å². The highest BCUT2D eigenvalue weighted by Gasteiger charge is 2.02. The van der Waals surface area contributed by atoms with Crippen molar-refractivity contribution in [2.45, 2.75) is 13.5 Å². The number of nitrogens with zero attached hydrogens (tertiary/aromatic N) is 2. The Balaban J connectivity index is 1.74. The van der Waals surface area contributed by atoms with Crippen LogP contribution in [0.25, 0.3) is 0 Å². The average molecular weight is 276 g/mol. The molecule has 6 heteroatoms. The standard InChI is InChI=1S/C14H16N2O4/c1-2-16-10-13(9-15-16)20-8-7-19-12-5-3-11(4-6-12)14(17)18/h3-6,9-10H,2,7-8H2,1H3,(H,17,18). The second-order valence-electron chi connectivity index (χ2n) is 4.06. The van der Waals surface area contributed by atoms with E-state index >= 15 is 0 Å². The fraction of sp³-hybridized carbons (Fsp3) is 0.286. The molecule has 1 heterocycles. The Labute approximate surface area is 116 Å². The molecule has 2 rings (SSSR count). The number of aryl methyl sites for hydroxylation is 1. The van der Waals surface area contributed by atoms with E-state index in [1.54, 1.807) is 23.0 Å². The summed E-state index contributed by atoms with van der Waals surface area (Å²) in [5.74, 6) is 0.368. The van der Waals surface area contributed by atoms with Crippen LogP contribution >= 0.6 is 0 Å². The number of carboxylic acid groups (broad SMARTS) is 1. The molecule has 0 aliphatic heterocycles. The quantitative estimate of drug-likeness (QED) is 0.783. The Hall–Kier alpha value is -2.50. The molecule has 0 spiro atoms. The molecule has 0 saturated carbocycles. The van der Waals surface area contributed by atoms with Crippen molar-refractivity contribution in [3.8, 4) is 11.5 Å². The van der Waals surface area contributed by atoms with Gasteiger partial charge in [-0.2, -0.15) is 5.10 Å². The first-order chi connectivity index (χ1) is 9.69. The van der Waals surface area contributed by atoms with Crippen molar-refractivity contribution < 1.29 is 19.4 Å². The average Bonchev–Trinajstić information content (AvgIpc) is 2.92. The maximum atomic E-state index is 10.7. The van der Waals surface area contributed by atoms with Crippen molar-refractivity contribution in [1.29, 1.82) is 0 Å². The number of aromatic nitrogens is 2. The predicted molar refractivity (Wildman–Crippen MR) is 72.3 cm³/mol. The molecular formula is C14H16N2O4. The highest BCUT2D eigenvalue weighted by Crippen LogP contribution is 2.12. The largest absolute Gasteiger partial charge is 0.490 e. The number of hydrogen-bond acceptors (Lipinski definition) is 4. The van der Waals surface area contributed by atoms with Gasteiger partial charge in [0.1, 0.15) is 19.0 Å². The summed E-state index contributed by atoms with van der Waals surface area (Å²) in [5.41, 5.74) is 0.237. The van der Waals surface area contributed by atoms with Gasteiger partial charge in [-0.05, 0) is 31.2 Å². The number of benzene rings is 1. The summed E-state index contributed by atoms with van der Waals surface area (Å²) in [5, 5.41) is 12.9. The first kappa shape index (κ1) is 13.9. The fourth-order valence-corrected chi connectivity index (χ4v) is 1.60. The first-order valence-electron chi connectivity index (χ1n) is 6.30. The lowest BCUT2D eigenvalue weighted by Crippen LogP contribution is -2.08. The molecular weight excluding hydrogens is 260 g/mol. The first-order valence-corrected chi connectivity index (χ1v) is 6.30. The van der Waals surface area contributed by atoms with Crippen LogP contribution in [0.15, 0.2) is 36.7 Å². The molecule has 1 N–H and O–H groups in total. The molecule has 0 fully saturated rings. The Morgan fingerprint density at radius 1 is 1.20 bits per heavy atom. The van der Waals surface area contributed by atoms with Gasteiger partial charge in [-0.15, -0.1) is 0 Å². The van der Waals surface area contributed by atoms with E-state index in [0.717, 1.165) is 6.54 Å². The molecule has 0 amide bonds. The van der Waals surface area contributed by atoms with Crippen LogP contribution in [0.4, 0.5) is 0 Å². The predicted octanol–water partition coefficient (Wildman–Crippen LogP) is 2.06. The van der Waals surface area contributed by atoms with Gasteiger partial charge < -0.3 is 14.6 Å². The Kier molecular flexibility index (Phi) is 4.60. The van der Waals surface area contributed by atoms with E-state index in [1.165, 1.54) is 12.1 Å². The van der Waals surface area contributed by atoms with E-state index in [-0.39, 0.29) is 5.56 Å². The van der Waals surface area contributed by atoms with Crippen LogP contribution in [0.5, 0.6) is 11.5 Å². The lowest BCUT2D eigenvalue weighted by atomic mass is 10.2. The minimum Gasteiger partial charge on any atom is -0.490 e. The summed E-state index contributed by atoms with van der Waals surface area (Å²) in [7, 11) is 0. The van der Waals surface area contributed by atoms with Crippen LogP contribution in [0.3, 0.4) is 0 Å². The van der Waals surface area contributed by atoms with Crippen LogP contribution in [0, 0.1) is 0 Å². The van der Waals surface area contributed by atoms with Gasteiger partial charge in [0.15, 0.2) is 5.75 Å². The van der Waals surface area contributed by atoms with Gasteiger partial charge in [0.05, 0.1) is 18.0 Å². The van der Waals surface area contributed by atoms with Crippen molar-refractivity contribution in [3.05, 3.63) is 42.2 Å². The normalized spacial score (nSPS) is 10.2. The molecule has 0 radical (unpaired) electrons. The van der Waals surface area contributed by atoms with Crippen molar-refractivity contribution in [1.82, 2.24) is 9.78 Å². The van der Waals surface area contributed by atoms with E-state index < -0.39 is 5.97 Å². The number of hydrogen-bond donors (Lipinski definition) is 1. The molecule has 0 unspecified atom stereocenters. The molecule has 20 heavy (non-hydrogen) atoms. The van der Waals surface area contributed by atoms with Gasteiger partial charge in [-0.3, -0.25) is 4.68 Å². The molecule has 0 saturated heterocycles. The van der Waals surface area contributed by atoms with Crippen LogP contribution < -0.4 is 9.47 Å². The minimum absolute atomic E-state index is 0.237. The number of carboxylic acids is 1. The van der Waals surface area contributed by atoms with Crippen LogP contribution in [-0.4, -0.2) is 34.1 Å². The number of rotatable bonds is 7. The van der Waals surface area contributed by atoms with Gasteiger partial charge >= 0.3 is 5.97 Å². The summed E-state index contributed by atoms with van der Waals surface area (Å²) >= 11 is 0. The molecule has 6 nitrogen and oxygen atoms in total. The van der Waals surface area contributed by atoms with Crippen LogP contribution in [0.2, 0.25) is 0 Å². The third-order valence-electron chi connectivity index (χ3n) is 2.66. The SMILES string of the molecule is CCn1cc(OCCOc2ccc(C(=O)O)cc2)cn1. The number of aromatic carboxylic acids is 1. The van der Waals surface area contributed by atoms with Gasteiger partial charge in [-0.1, -0.05) is 0 Å². The second-order valence-corrected chi connectivity index (χ2v) is 4.06. The Morgan fingerprint density at radius 2 is 1.85 bits per heavy atom. The Bertz CT molecular complexity index is 563. The Morgan fingerprint density at radius 3 is 2.40 bits per heavy atom. The maximum Gasteiger partial charge on any atom is 0.335 e. The molecule has 0 aliphatic carbocycles.